The third-order valence-corrected chi connectivity index (χ3v) is 2.84. The molecule has 3 heteroatoms. The molecule has 0 saturated carbocycles. The first-order chi connectivity index (χ1) is 7.50. The van der Waals surface area contributed by atoms with E-state index in [1.54, 1.807) is 0 Å². The molecule has 88 valence electrons. The van der Waals surface area contributed by atoms with Gasteiger partial charge in [0, 0.05) is 17.5 Å². The summed E-state index contributed by atoms with van der Waals surface area (Å²) in [6.07, 6.45) is 0. The number of rotatable bonds is 5. The van der Waals surface area contributed by atoms with Crippen LogP contribution in [0.3, 0.4) is 0 Å². The molecule has 0 bridgehead atoms. The Balaban J connectivity index is 2.55. The quantitative estimate of drug-likeness (QED) is 0.787. The summed E-state index contributed by atoms with van der Waals surface area (Å²) in [5.41, 5.74) is 1.06. The Kier molecular flexibility index (Phi) is 4.97. The Morgan fingerprint density at radius 2 is 2.00 bits per heavy atom. The van der Waals surface area contributed by atoms with Crippen molar-refractivity contribution in [3.8, 4) is 0 Å². The lowest BCUT2D eigenvalue weighted by Gasteiger charge is -2.17. The number of hydrogen-bond donors (Lipinski definition) is 0. The Labute approximate surface area is 102 Å². The highest BCUT2D eigenvalue weighted by atomic mass is 35.5. The zero-order valence-corrected chi connectivity index (χ0v) is 10.8. The summed E-state index contributed by atoms with van der Waals surface area (Å²) in [4.78, 5) is 13.5. The molecule has 0 N–H and O–H groups in total. The van der Waals surface area contributed by atoms with Crippen LogP contribution in [0.15, 0.2) is 24.3 Å². The molecular formula is C13H18ClNO. The maximum Gasteiger partial charge on any atom is 0.149 e. The van der Waals surface area contributed by atoms with Crippen molar-refractivity contribution < 1.29 is 4.79 Å². The SMILES string of the molecule is CC(C)C(=O)CN(C)Cc1ccccc1Cl. The molecule has 0 unspecified atom stereocenters. The van der Waals surface area contributed by atoms with Gasteiger partial charge in [0.05, 0.1) is 6.54 Å². The highest BCUT2D eigenvalue weighted by Gasteiger charge is 2.11. The lowest BCUT2D eigenvalue weighted by molar-refractivity contribution is -0.122. The fraction of sp³-hybridized carbons (Fsp3) is 0.462. The molecule has 0 heterocycles. The summed E-state index contributed by atoms with van der Waals surface area (Å²) in [7, 11) is 1.93. The van der Waals surface area contributed by atoms with Crippen LogP contribution in [-0.2, 0) is 11.3 Å². The molecule has 16 heavy (non-hydrogen) atoms. The van der Waals surface area contributed by atoms with E-state index < -0.39 is 0 Å². The number of benzene rings is 1. The number of ketones is 1. The minimum absolute atomic E-state index is 0.0914. The van der Waals surface area contributed by atoms with Gasteiger partial charge >= 0.3 is 0 Å². The first kappa shape index (κ1) is 13.2. The first-order valence-corrected chi connectivity index (χ1v) is 5.83. The van der Waals surface area contributed by atoms with Crippen molar-refractivity contribution >= 4 is 17.4 Å². The van der Waals surface area contributed by atoms with Gasteiger partial charge in [-0.3, -0.25) is 9.69 Å². The third-order valence-electron chi connectivity index (χ3n) is 2.47. The van der Waals surface area contributed by atoms with Crippen LogP contribution in [0.2, 0.25) is 5.02 Å². The van der Waals surface area contributed by atoms with Crippen LogP contribution in [-0.4, -0.2) is 24.3 Å². The normalized spacial score (nSPS) is 11.1. The molecule has 0 saturated heterocycles. The van der Waals surface area contributed by atoms with Crippen molar-refractivity contribution in [3.63, 3.8) is 0 Å². The summed E-state index contributed by atoms with van der Waals surface area (Å²) in [6, 6.07) is 7.72. The average Bonchev–Trinajstić information content (AvgIpc) is 2.21. The van der Waals surface area contributed by atoms with Crippen molar-refractivity contribution in [1.29, 1.82) is 0 Å². The average molecular weight is 240 g/mol. The van der Waals surface area contributed by atoms with Gasteiger partial charge in [-0.05, 0) is 18.7 Å². The van der Waals surface area contributed by atoms with E-state index in [4.69, 9.17) is 11.6 Å². The molecule has 0 spiro atoms. The van der Waals surface area contributed by atoms with Crippen LogP contribution in [0.4, 0.5) is 0 Å². The second kappa shape index (κ2) is 6.02. The second-order valence-electron chi connectivity index (χ2n) is 4.38. The predicted octanol–water partition coefficient (Wildman–Crippen LogP) is 3.00. The van der Waals surface area contributed by atoms with Crippen LogP contribution in [0, 0.1) is 5.92 Å². The number of carbonyl (C=O) groups excluding carboxylic acids is 1. The highest BCUT2D eigenvalue weighted by Crippen LogP contribution is 2.16. The largest absolute Gasteiger partial charge is 0.298 e. The molecule has 1 rings (SSSR count). The minimum atomic E-state index is 0.0914. The third kappa shape index (κ3) is 3.95. The molecule has 2 nitrogen and oxygen atoms in total. The van der Waals surface area contributed by atoms with Crippen LogP contribution >= 0.6 is 11.6 Å². The van der Waals surface area contributed by atoms with Gasteiger partial charge in [-0.25, -0.2) is 0 Å². The lowest BCUT2D eigenvalue weighted by Crippen LogP contribution is -2.28. The molecule has 0 aromatic heterocycles. The molecule has 0 atom stereocenters. The smallest absolute Gasteiger partial charge is 0.149 e. The maximum atomic E-state index is 11.6. The van der Waals surface area contributed by atoms with E-state index in [0.717, 1.165) is 10.6 Å². The molecule has 1 aromatic carbocycles. The first-order valence-electron chi connectivity index (χ1n) is 5.45. The highest BCUT2D eigenvalue weighted by molar-refractivity contribution is 6.31. The van der Waals surface area contributed by atoms with E-state index in [0.29, 0.717) is 13.1 Å². The van der Waals surface area contributed by atoms with Gasteiger partial charge in [-0.2, -0.15) is 0 Å². The molecule has 1 aromatic rings. The second-order valence-corrected chi connectivity index (χ2v) is 4.79. The van der Waals surface area contributed by atoms with E-state index in [2.05, 4.69) is 0 Å². The Bertz CT molecular complexity index is 363. The fourth-order valence-electron chi connectivity index (χ4n) is 1.42. The summed E-state index contributed by atoms with van der Waals surface area (Å²) >= 11 is 6.06. The number of Topliss-reactive ketones (excluding diaryl/α,β-unsaturated/α-hetero) is 1. The maximum absolute atomic E-state index is 11.6. The Morgan fingerprint density at radius 1 is 1.38 bits per heavy atom. The fourth-order valence-corrected chi connectivity index (χ4v) is 1.62. The van der Waals surface area contributed by atoms with Gasteiger partial charge in [0.15, 0.2) is 0 Å². The number of halogens is 1. The number of carbonyl (C=O) groups is 1. The molecule has 0 aliphatic carbocycles. The Morgan fingerprint density at radius 3 is 2.56 bits per heavy atom. The topological polar surface area (TPSA) is 20.3 Å². The lowest BCUT2D eigenvalue weighted by atomic mass is 10.1. The van der Waals surface area contributed by atoms with E-state index in [1.165, 1.54) is 0 Å². The standard InChI is InChI=1S/C13H18ClNO/c1-10(2)13(16)9-15(3)8-11-6-4-5-7-12(11)14/h4-7,10H,8-9H2,1-3H3. The van der Waals surface area contributed by atoms with Gasteiger partial charge in [0.25, 0.3) is 0 Å². The van der Waals surface area contributed by atoms with Gasteiger partial charge in [-0.1, -0.05) is 43.6 Å². The number of nitrogens with zero attached hydrogens (tertiary/aromatic N) is 1. The summed E-state index contributed by atoms with van der Waals surface area (Å²) in [5, 5.41) is 0.756. The van der Waals surface area contributed by atoms with E-state index in [-0.39, 0.29) is 11.7 Å². The molecule has 0 aliphatic heterocycles. The van der Waals surface area contributed by atoms with Crippen LogP contribution < -0.4 is 0 Å². The van der Waals surface area contributed by atoms with E-state index in [9.17, 15) is 4.79 Å². The van der Waals surface area contributed by atoms with E-state index in [1.807, 2.05) is 50.1 Å². The number of hydrogen-bond acceptors (Lipinski definition) is 2. The van der Waals surface area contributed by atoms with Crippen molar-refractivity contribution in [2.24, 2.45) is 5.92 Å². The Hall–Kier alpha value is -0.860. The predicted molar refractivity (Wildman–Crippen MR) is 67.6 cm³/mol. The molecule has 0 fully saturated rings. The van der Waals surface area contributed by atoms with Crippen molar-refractivity contribution in [2.75, 3.05) is 13.6 Å². The van der Waals surface area contributed by atoms with Crippen molar-refractivity contribution in [1.82, 2.24) is 4.90 Å². The monoisotopic (exact) mass is 239 g/mol. The van der Waals surface area contributed by atoms with Crippen LogP contribution in [0.5, 0.6) is 0 Å². The number of likely N-dealkylation sites (N-methyl/N-ethyl adjacent to an activating group) is 1. The van der Waals surface area contributed by atoms with E-state index >= 15 is 0 Å². The molecular weight excluding hydrogens is 222 g/mol. The summed E-state index contributed by atoms with van der Waals surface area (Å²) < 4.78 is 0. The molecule has 0 aliphatic rings. The summed E-state index contributed by atoms with van der Waals surface area (Å²) in [6.45, 7) is 5.03. The molecule has 0 radical (unpaired) electrons. The van der Waals surface area contributed by atoms with Gasteiger partial charge in [0.1, 0.15) is 5.78 Å². The van der Waals surface area contributed by atoms with Gasteiger partial charge in [-0.15, -0.1) is 0 Å². The van der Waals surface area contributed by atoms with Gasteiger partial charge in [0.2, 0.25) is 0 Å². The summed E-state index contributed by atoms with van der Waals surface area (Å²) in [5.74, 6) is 0.350. The van der Waals surface area contributed by atoms with Crippen molar-refractivity contribution in [3.05, 3.63) is 34.9 Å². The van der Waals surface area contributed by atoms with Crippen LogP contribution in [0.1, 0.15) is 19.4 Å². The zero-order chi connectivity index (χ0) is 12.1. The van der Waals surface area contributed by atoms with Gasteiger partial charge < -0.3 is 0 Å². The minimum Gasteiger partial charge on any atom is -0.298 e. The molecule has 0 amide bonds. The van der Waals surface area contributed by atoms with Crippen molar-refractivity contribution in [2.45, 2.75) is 20.4 Å². The zero-order valence-electron chi connectivity index (χ0n) is 10.0. The van der Waals surface area contributed by atoms with Crippen LogP contribution in [0.25, 0.3) is 0 Å².